The van der Waals surface area contributed by atoms with Crippen molar-refractivity contribution in [3.8, 4) is 17.2 Å². The van der Waals surface area contributed by atoms with E-state index in [4.69, 9.17) is 0 Å². The molecule has 1 fully saturated rings. The van der Waals surface area contributed by atoms with Crippen molar-refractivity contribution in [2.75, 3.05) is 36.0 Å². The van der Waals surface area contributed by atoms with Gasteiger partial charge in [-0.15, -0.1) is 10.2 Å². The van der Waals surface area contributed by atoms with Crippen molar-refractivity contribution >= 4 is 11.6 Å². The van der Waals surface area contributed by atoms with E-state index in [2.05, 4.69) is 26.2 Å². The van der Waals surface area contributed by atoms with Crippen molar-refractivity contribution in [2.45, 2.75) is 0 Å². The zero-order chi connectivity index (χ0) is 19.7. The molecule has 0 aliphatic carbocycles. The van der Waals surface area contributed by atoms with E-state index in [0.29, 0.717) is 43.0 Å². The first-order chi connectivity index (χ1) is 13.6. The molecule has 1 saturated heterocycles. The molecule has 0 amide bonds. The molecule has 0 radical (unpaired) electrons. The number of nitrogens with zero attached hydrogens (tertiary/aromatic N) is 7. The molecule has 0 spiro atoms. The average Bonchev–Trinajstić information content (AvgIpc) is 3.14. The van der Waals surface area contributed by atoms with Crippen LogP contribution in [0.2, 0.25) is 0 Å². The molecule has 0 atom stereocenters. The van der Waals surface area contributed by atoms with E-state index in [1.165, 1.54) is 30.5 Å². The highest BCUT2D eigenvalue weighted by Crippen LogP contribution is 2.36. The maximum Gasteiger partial charge on any atom is 0.226 e. The topological polar surface area (TPSA) is 73.9 Å². The second-order valence-electron chi connectivity index (χ2n) is 6.52. The van der Waals surface area contributed by atoms with Crippen LogP contribution < -0.4 is 9.80 Å². The monoisotopic (exact) mass is 381 g/mol. The Hall–Kier alpha value is -3.54. The van der Waals surface area contributed by atoms with E-state index in [-0.39, 0.29) is 5.56 Å². The number of halogens is 2. The summed E-state index contributed by atoms with van der Waals surface area (Å²) in [5, 5.41) is 17.6. The Morgan fingerprint density at radius 2 is 1.79 bits per heavy atom. The summed E-state index contributed by atoms with van der Waals surface area (Å²) in [7, 11) is 1.88. The van der Waals surface area contributed by atoms with Crippen molar-refractivity contribution in [1.29, 1.82) is 5.26 Å². The first-order valence-corrected chi connectivity index (χ1v) is 8.77. The maximum atomic E-state index is 14.8. The summed E-state index contributed by atoms with van der Waals surface area (Å²) < 4.78 is 29.8. The van der Waals surface area contributed by atoms with Gasteiger partial charge in [0, 0.05) is 50.6 Å². The Morgan fingerprint density at radius 3 is 2.39 bits per heavy atom. The molecule has 0 unspecified atom stereocenters. The van der Waals surface area contributed by atoms with Gasteiger partial charge in [0.15, 0.2) is 0 Å². The fourth-order valence-corrected chi connectivity index (χ4v) is 3.48. The van der Waals surface area contributed by atoms with Gasteiger partial charge in [-0.05, 0) is 24.3 Å². The number of piperazine rings is 1. The summed E-state index contributed by atoms with van der Waals surface area (Å²) in [4.78, 5) is 7.70. The van der Waals surface area contributed by atoms with Crippen molar-refractivity contribution in [1.82, 2.24) is 19.7 Å². The Kier molecular flexibility index (Phi) is 4.61. The summed E-state index contributed by atoms with van der Waals surface area (Å²) in [6.45, 7) is 2.45. The van der Waals surface area contributed by atoms with Gasteiger partial charge in [0.05, 0.1) is 11.3 Å². The largest absolute Gasteiger partial charge is 0.366 e. The molecule has 3 aromatic rings. The van der Waals surface area contributed by atoms with Crippen LogP contribution in [0.4, 0.5) is 20.4 Å². The molecule has 0 N–H and O–H groups in total. The lowest BCUT2D eigenvalue weighted by Crippen LogP contribution is -2.47. The standard InChI is InChI=1S/C19H17F2N7/c1-26-12-24-25-19(26)28-8-6-27(7-9-28)18-13(10-22)2-4-15(20)17(18)14-3-5-16(21)23-11-14/h2-5,11-12H,6-9H2,1H3. The van der Waals surface area contributed by atoms with Crippen molar-refractivity contribution in [3.05, 3.63) is 54.1 Å². The summed E-state index contributed by atoms with van der Waals surface area (Å²) in [5.74, 6) is -0.347. The van der Waals surface area contributed by atoms with E-state index >= 15 is 0 Å². The Labute approximate surface area is 160 Å². The van der Waals surface area contributed by atoms with Gasteiger partial charge < -0.3 is 14.4 Å². The van der Waals surface area contributed by atoms with E-state index < -0.39 is 11.8 Å². The highest BCUT2D eigenvalue weighted by Gasteiger charge is 2.26. The number of aromatic nitrogens is 4. The van der Waals surface area contributed by atoms with Crippen molar-refractivity contribution in [3.63, 3.8) is 0 Å². The number of pyridine rings is 1. The normalized spacial score (nSPS) is 14.2. The van der Waals surface area contributed by atoms with E-state index in [0.717, 1.165) is 5.95 Å². The number of nitriles is 1. The predicted molar refractivity (Wildman–Crippen MR) is 99.7 cm³/mol. The highest BCUT2D eigenvalue weighted by molar-refractivity contribution is 5.83. The molecular formula is C19H17F2N7. The first-order valence-electron chi connectivity index (χ1n) is 8.77. The molecule has 2 aromatic heterocycles. The summed E-state index contributed by atoms with van der Waals surface area (Å²) >= 11 is 0. The lowest BCUT2D eigenvalue weighted by atomic mass is 9.99. The maximum absolute atomic E-state index is 14.8. The Morgan fingerprint density at radius 1 is 1.04 bits per heavy atom. The minimum Gasteiger partial charge on any atom is -0.366 e. The second kappa shape index (κ2) is 7.23. The van der Waals surface area contributed by atoms with Crippen LogP contribution in [0.3, 0.4) is 0 Å². The van der Waals surface area contributed by atoms with Crippen molar-refractivity contribution in [2.24, 2.45) is 7.05 Å². The fourth-order valence-electron chi connectivity index (χ4n) is 3.48. The van der Waals surface area contributed by atoms with Gasteiger partial charge in [-0.2, -0.15) is 9.65 Å². The van der Waals surface area contributed by atoms with Gasteiger partial charge in [0.25, 0.3) is 0 Å². The third-order valence-corrected chi connectivity index (χ3v) is 4.83. The van der Waals surface area contributed by atoms with Gasteiger partial charge in [0.1, 0.15) is 18.2 Å². The molecule has 1 aliphatic heterocycles. The lowest BCUT2D eigenvalue weighted by Gasteiger charge is -2.37. The van der Waals surface area contributed by atoms with Crippen LogP contribution in [0, 0.1) is 23.1 Å². The number of anilines is 2. The molecule has 28 heavy (non-hydrogen) atoms. The quantitative estimate of drug-likeness (QED) is 0.649. The third-order valence-electron chi connectivity index (χ3n) is 4.83. The minimum atomic E-state index is -0.639. The SMILES string of the molecule is Cn1cnnc1N1CCN(c2c(C#N)ccc(F)c2-c2ccc(F)nc2)CC1. The Balaban J connectivity index is 1.70. The number of aryl methyl sites for hydroxylation is 1. The third kappa shape index (κ3) is 3.13. The highest BCUT2D eigenvalue weighted by atomic mass is 19.1. The minimum absolute atomic E-state index is 0.263. The van der Waals surface area contributed by atoms with Crippen LogP contribution in [-0.2, 0) is 7.05 Å². The fraction of sp³-hybridized carbons (Fsp3) is 0.263. The van der Waals surface area contributed by atoms with Gasteiger partial charge in [0.2, 0.25) is 11.9 Å². The van der Waals surface area contributed by atoms with Gasteiger partial charge in [-0.25, -0.2) is 9.37 Å². The number of hydrogen-bond donors (Lipinski definition) is 0. The van der Waals surface area contributed by atoms with Crippen LogP contribution in [0.25, 0.3) is 11.1 Å². The molecule has 0 bridgehead atoms. The first kappa shape index (κ1) is 17.9. The predicted octanol–water partition coefficient (Wildman–Crippen LogP) is 2.35. The zero-order valence-corrected chi connectivity index (χ0v) is 15.2. The van der Waals surface area contributed by atoms with Crippen LogP contribution >= 0.6 is 0 Å². The van der Waals surface area contributed by atoms with E-state index in [1.54, 1.807) is 6.33 Å². The average molecular weight is 381 g/mol. The molecule has 1 aromatic carbocycles. The molecule has 7 nitrogen and oxygen atoms in total. The summed E-state index contributed by atoms with van der Waals surface area (Å²) in [6, 6.07) is 7.54. The Bertz CT molecular complexity index is 1030. The number of hydrogen-bond acceptors (Lipinski definition) is 6. The van der Waals surface area contributed by atoms with Gasteiger partial charge >= 0.3 is 0 Å². The van der Waals surface area contributed by atoms with Crippen molar-refractivity contribution < 1.29 is 8.78 Å². The van der Waals surface area contributed by atoms with Crippen LogP contribution in [0.15, 0.2) is 36.8 Å². The molecular weight excluding hydrogens is 364 g/mol. The molecule has 1 aliphatic rings. The summed E-state index contributed by atoms with van der Waals surface area (Å²) in [5.41, 5.74) is 1.57. The zero-order valence-electron chi connectivity index (χ0n) is 15.2. The van der Waals surface area contributed by atoms with Crippen LogP contribution in [0.1, 0.15) is 5.56 Å². The molecule has 9 heteroatoms. The molecule has 3 heterocycles. The second-order valence-corrected chi connectivity index (χ2v) is 6.52. The number of rotatable bonds is 3. The van der Waals surface area contributed by atoms with Gasteiger partial charge in [-0.1, -0.05) is 0 Å². The smallest absolute Gasteiger partial charge is 0.226 e. The van der Waals surface area contributed by atoms with Gasteiger partial charge in [-0.3, -0.25) is 0 Å². The number of benzene rings is 1. The molecule has 142 valence electrons. The van der Waals surface area contributed by atoms with Crippen LogP contribution in [0.5, 0.6) is 0 Å². The van der Waals surface area contributed by atoms with E-state index in [1.807, 2.05) is 16.5 Å². The molecule has 0 saturated carbocycles. The van der Waals surface area contributed by atoms with Crippen LogP contribution in [-0.4, -0.2) is 45.9 Å². The molecule has 4 rings (SSSR count). The lowest BCUT2D eigenvalue weighted by molar-refractivity contribution is 0.583. The van der Waals surface area contributed by atoms with E-state index in [9.17, 15) is 14.0 Å². The summed E-state index contributed by atoms with van der Waals surface area (Å²) in [6.07, 6.45) is 2.93.